The lowest BCUT2D eigenvalue weighted by molar-refractivity contribution is -0.605. The van der Waals surface area contributed by atoms with Gasteiger partial charge in [0.15, 0.2) is 12.4 Å². The van der Waals surface area contributed by atoms with E-state index in [-0.39, 0.29) is 5.82 Å². The maximum absolute atomic E-state index is 12.6. The van der Waals surface area contributed by atoms with Crippen molar-refractivity contribution in [3.63, 3.8) is 0 Å². The summed E-state index contributed by atoms with van der Waals surface area (Å²) in [4.78, 5) is 11.6. The van der Waals surface area contributed by atoms with Crippen molar-refractivity contribution in [1.82, 2.24) is 5.43 Å². The van der Waals surface area contributed by atoms with E-state index in [1.807, 2.05) is 0 Å². The number of pyridine rings is 1. The van der Waals surface area contributed by atoms with Gasteiger partial charge in [-0.15, -0.1) is 0 Å². The maximum atomic E-state index is 12.6. The number of nitrogens with zero attached hydrogens (tertiary/aromatic N) is 2. The summed E-state index contributed by atoms with van der Waals surface area (Å²) < 4.78 is 13.2. The molecule has 19 heavy (non-hydrogen) atoms. The number of aromatic nitrogens is 1. The number of benzene rings is 1. The van der Waals surface area contributed by atoms with Gasteiger partial charge in [-0.2, -0.15) is 9.83 Å². The van der Waals surface area contributed by atoms with Crippen molar-refractivity contribution >= 4 is 12.1 Å². The number of halogens is 1. The average Bonchev–Trinajstić information content (AvgIpc) is 2.41. The highest BCUT2D eigenvalue weighted by atomic mass is 19.1. The Morgan fingerprint density at radius 2 is 1.84 bits per heavy atom. The Bertz CT molecular complexity index is 594. The van der Waals surface area contributed by atoms with Gasteiger partial charge >= 0.3 is 0 Å². The molecule has 6 heteroatoms. The molecule has 2 aromatic rings. The van der Waals surface area contributed by atoms with Crippen LogP contribution < -0.4 is 10.2 Å². The van der Waals surface area contributed by atoms with Crippen molar-refractivity contribution in [1.29, 1.82) is 0 Å². The second-order valence-electron chi connectivity index (χ2n) is 3.70. The third-order valence-corrected chi connectivity index (χ3v) is 2.31. The van der Waals surface area contributed by atoms with Crippen LogP contribution in [0, 0.1) is 11.0 Å². The predicted molar refractivity (Wildman–Crippen MR) is 66.9 cm³/mol. The lowest BCUT2D eigenvalue weighted by atomic mass is 10.2. The molecule has 2 rings (SSSR count). The molecule has 1 heterocycles. The smallest absolute Gasteiger partial charge is 0.271 e. The number of hydrogen-bond donors (Lipinski definition) is 1. The molecule has 1 aromatic carbocycles. The summed E-state index contributed by atoms with van der Waals surface area (Å²) in [5, 5.41) is 14.5. The minimum Gasteiger partial charge on any atom is -0.619 e. The van der Waals surface area contributed by atoms with E-state index in [1.165, 1.54) is 55.0 Å². The lowest BCUT2D eigenvalue weighted by Crippen LogP contribution is -2.26. The third kappa shape index (κ3) is 3.60. The van der Waals surface area contributed by atoms with E-state index >= 15 is 0 Å². The van der Waals surface area contributed by atoms with E-state index < -0.39 is 5.91 Å². The normalized spacial score (nSPS) is 10.6. The van der Waals surface area contributed by atoms with Gasteiger partial charge in [0.1, 0.15) is 5.82 Å². The molecule has 0 radical (unpaired) electrons. The topological polar surface area (TPSA) is 68.4 Å². The highest BCUT2D eigenvalue weighted by Crippen LogP contribution is 1.99. The summed E-state index contributed by atoms with van der Waals surface area (Å²) in [6, 6.07) is 8.44. The average molecular weight is 259 g/mol. The number of hydrogen-bond acceptors (Lipinski definition) is 3. The summed E-state index contributed by atoms with van der Waals surface area (Å²) >= 11 is 0. The Balaban J connectivity index is 1.96. The van der Waals surface area contributed by atoms with Gasteiger partial charge in [0.05, 0.1) is 11.8 Å². The number of nitrogens with one attached hydrogen (secondary N) is 1. The van der Waals surface area contributed by atoms with Gasteiger partial charge in [0.25, 0.3) is 5.91 Å². The standard InChI is InChI=1S/C13H10FN3O2/c14-12-3-1-10(2-4-12)9-15-16-13(18)11-5-7-17(19)8-6-11/h1-9H,(H,16,18). The Labute approximate surface area is 108 Å². The molecule has 0 aliphatic heterocycles. The molecule has 0 fully saturated rings. The van der Waals surface area contributed by atoms with Crippen LogP contribution in [0.1, 0.15) is 15.9 Å². The molecule has 0 atom stereocenters. The second kappa shape index (κ2) is 5.72. The Morgan fingerprint density at radius 3 is 2.47 bits per heavy atom. The van der Waals surface area contributed by atoms with E-state index in [2.05, 4.69) is 10.5 Å². The summed E-state index contributed by atoms with van der Waals surface area (Å²) in [7, 11) is 0. The quantitative estimate of drug-likeness (QED) is 0.390. The van der Waals surface area contributed by atoms with Crippen molar-refractivity contribution in [2.75, 3.05) is 0 Å². The zero-order chi connectivity index (χ0) is 13.7. The lowest BCUT2D eigenvalue weighted by Gasteiger charge is -1.99. The number of hydrazone groups is 1. The second-order valence-corrected chi connectivity index (χ2v) is 3.70. The van der Waals surface area contributed by atoms with E-state index in [9.17, 15) is 14.4 Å². The molecular formula is C13H10FN3O2. The van der Waals surface area contributed by atoms with Crippen molar-refractivity contribution in [2.45, 2.75) is 0 Å². The zero-order valence-electron chi connectivity index (χ0n) is 9.79. The van der Waals surface area contributed by atoms with Crippen LogP contribution in [0.25, 0.3) is 0 Å². The first kappa shape index (κ1) is 12.7. The Hall–Kier alpha value is -2.76. The van der Waals surface area contributed by atoms with Gasteiger partial charge in [-0.05, 0) is 17.7 Å². The molecule has 1 N–H and O–H groups in total. The first-order valence-electron chi connectivity index (χ1n) is 5.43. The Morgan fingerprint density at radius 1 is 1.21 bits per heavy atom. The summed E-state index contributed by atoms with van der Waals surface area (Å²) in [5.41, 5.74) is 3.29. The third-order valence-electron chi connectivity index (χ3n) is 2.31. The number of carbonyl (C=O) groups is 1. The van der Waals surface area contributed by atoms with Gasteiger partial charge in [-0.1, -0.05) is 12.1 Å². The van der Waals surface area contributed by atoms with Gasteiger partial charge in [0.2, 0.25) is 0 Å². The summed E-state index contributed by atoms with van der Waals surface area (Å²) in [6.07, 6.45) is 3.84. The van der Waals surface area contributed by atoms with Crippen LogP contribution in [0.3, 0.4) is 0 Å². The predicted octanol–water partition coefficient (Wildman–Crippen LogP) is 1.22. The number of carbonyl (C=O) groups excluding carboxylic acids is 1. The van der Waals surface area contributed by atoms with Crippen LogP contribution in [-0.2, 0) is 0 Å². The molecule has 0 saturated heterocycles. The largest absolute Gasteiger partial charge is 0.619 e. The molecule has 0 spiro atoms. The molecule has 1 aromatic heterocycles. The first-order valence-corrected chi connectivity index (χ1v) is 5.43. The van der Waals surface area contributed by atoms with E-state index in [0.717, 1.165) is 0 Å². The fourth-order valence-electron chi connectivity index (χ4n) is 1.34. The first-order chi connectivity index (χ1) is 9.15. The van der Waals surface area contributed by atoms with E-state index in [4.69, 9.17) is 0 Å². The highest BCUT2D eigenvalue weighted by molar-refractivity contribution is 5.94. The Kier molecular flexibility index (Phi) is 3.82. The maximum Gasteiger partial charge on any atom is 0.271 e. The monoisotopic (exact) mass is 259 g/mol. The van der Waals surface area contributed by atoms with Crippen LogP contribution in [0.15, 0.2) is 53.9 Å². The van der Waals surface area contributed by atoms with Crippen molar-refractivity contribution in [2.24, 2.45) is 5.10 Å². The van der Waals surface area contributed by atoms with Crippen LogP contribution in [-0.4, -0.2) is 12.1 Å². The van der Waals surface area contributed by atoms with Crippen LogP contribution in [0.4, 0.5) is 4.39 Å². The molecule has 0 bridgehead atoms. The minimum absolute atomic E-state index is 0.323. The molecule has 5 nitrogen and oxygen atoms in total. The highest BCUT2D eigenvalue weighted by Gasteiger charge is 2.04. The molecule has 1 amide bonds. The number of amides is 1. The number of rotatable bonds is 3. The van der Waals surface area contributed by atoms with Gasteiger partial charge in [-0.25, -0.2) is 9.82 Å². The molecule has 0 saturated carbocycles. The fraction of sp³-hybridized carbons (Fsp3) is 0. The van der Waals surface area contributed by atoms with E-state index in [1.54, 1.807) is 0 Å². The minimum atomic E-state index is -0.432. The van der Waals surface area contributed by atoms with Crippen molar-refractivity contribution < 1.29 is 13.9 Å². The SMILES string of the molecule is O=C(NN=Cc1ccc(F)cc1)c1cc[n+]([O-])cc1. The molecule has 96 valence electrons. The van der Waals surface area contributed by atoms with Gasteiger partial charge in [0, 0.05) is 12.1 Å². The molecule has 0 aliphatic carbocycles. The summed E-state index contributed by atoms with van der Waals surface area (Å²) in [5.74, 6) is -0.768. The van der Waals surface area contributed by atoms with Crippen molar-refractivity contribution in [3.05, 3.63) is 70.9 Å². The fourth-order valence-corrected chi connectivity index (χ4v) is 1.34. The zero-order valence-corrected chi connectivity index (χ0v) is 9.79. The van der Waals surface area contributed by atoms with Crippen molar-refractivity contribution in [3.8, 4) is 0 Å². The molecule has 0 aliphatic rings. The van der Waals surface area contributed by atoms with E-state index in [0.29, 0.717) is 15.9 Å². The molecular weight excluding hydrogens is 249 g/mol. The van der Waals surface area contributed by atoms with Gasteiger partial charge < -0.3 is 5.21 Å². The van der Waals surface area contributed by atoms with Crippen LogP contribution >= 0.6 is 0 Å². The molecule has 0 unspecified atom stereocenters. The van der Waals surface area contributed by atoms with Crippen LogP contribution in [0.2, 0.25) is 0 Å². The van der Waals surface area contributed by atoms with Gasteiger partial charge in [-0.3, -0.25) is 4.79 Å². The summed E-state index contributed by atoms with van der Waals surface area (Å²) in [6.45, 7) is 0. The van der Waals surface area contributed by atoms with Crippen LogP contribution in [0.5, 0.6) is 0 Å².